The van der Waals surface area contributed by atoms with E-state index in [1.54, 1.807) is 11.3 Å². The molecule has 1 atom stereocenters. The Balaban J connectivity index is 1.56. The number of benzene rings is 1. The summed E-state index contributed by atoms with van der Waals surface area (Å²) in [6.45, 7) is 3.82. The Morgan fingerprint density at radius 3 is 2.94 bits per heavy atom. The Morgan fingerprint density at radius 1 is 1.28 bits per heavy atom. The summed E-state index contributed by atoms with van der Waals surface area (Å²) in [5, 5.41) is 3.73. The van der Waals surface area contributed by atoms with Gasteiger partial charge in [0.15, 0.2) is 0 Å². The molecule has 1 unspecified atom stereocenters. The van der Waals surface area contributed by atoms with Crippen LogP contribution in [0.15, 0.2) is 23.7 Å². The van der Waals surface area contributed by atoms with E-state index in [4.69, 9.17) is 0 Å². The van der Waals surface area contributed by atoms with Gasteiger partial charge in [0.2, 0.25) is 0 Å². The summed E-state index contributed by atoms with van der Waals surface area (Å²) in [5.74, 6) is 0.868. The second-order valence-electron chi connectivity index (χ2n) is 5.42. The van der Waals surface area contributed by atoms with Crippen LogP contribution in [0.25, 0.3) is 10.2 Å². The maximum Gasteiger partial charge on any atom is 0.0813 e. The van der Waals surface area contributed by atoms with Crippen molar-refractivity contribution in [3.63, 3.8) is 0 Å². The number of nitrogens with zero attached hydrogens (tertiary/aromatic N) is 2. The molecule has 3 nitrogen and oxygen atoms in total. The molecule has 2 bridgehead atoms. The number of aromatic nitrogens is 1. The van der Waals surface area contributed by atoms with Gasteiger partial charge in [-0.05, 0) is 50.0 Å². The van der Waals surface area contributed by atoms with Crippen LogP contribution in [0.4, 0.5) is 5.69 Å². The Kier molecular flexibility index (Phi) is 2.52. The largest absolute Gasteiger partial charge is 0.381 e. The van der Waals surface area contributed by atoms with E-state index in [0.717, 1.165) is 11.4 Å². The monoisotopic (exact) mass is 259 g/mol. The number of fused-ring (bicyclic) bond motifs is 4. The standard InChI is InChI=1S/C14H17N3S/c1-2-12-14(18-9-15-12)7-11(1)16-13-8-17-5-3-10(13)4-6-17/h1-2,7,9-10,13,16H,3-6,8H2. The van der Waals surface area contributed by atoms with Gasteiger partial charge < -0.3 is 10.2 Å². The van der Waals surface area contributed by atoms with Crippen LogP contribution in [0.2, 0.25) is 0 Å². The smallest absolute Gasteiger partial charge is 0.0813 e. The Labute approximate surface area is 111 Å². The third-order valence-corrected chi connectivity index (χ3v) is 5.13. The molecule has 0 radical (unpaired) electrons. The molecule has 2 aromatic rings. The van der Waals surface area contributed by atoms with Crippen LogP contribution in [-0.4, -0.2) is 35.6 Å². The minimum Gasteiger partial charge on any atom is -0.381 e. The van der Waals surface area contributed by atoms with Crippen LogP contribution in [0.5, 0.6) is 0 Å². The fraction of sp³-hybridized carbons (Fsp3) is 0.500. The van der Waals surface area contributed by atoms with Crippen molar-refractivity contribution >= 4 is 27.2 Å². The molecule has 18 heavy (non-hydrogen) atoms. The lowest BCUT2D eigenvalue weighted by Crippen LogP contribution is -2.53. The normalized spacial score (nSPS) is 30.8. The van der Waals surface area contributed by atoms with Crippen molar-refractivity contribution in [3.8, 4) is 0 Å². The van der Waals surface area contributed by atoms with E-state index in [9.17, 15) is 0 Å². The average Bonchev–Trinajstić information content (AvgIpc) is 2.87. The van der Waals surface area contributed by atoms with Gasteiger partial charge in [0, 0.05) is 18.3 Å². The molecule has 1 aromatic heterocycles. The van der Waals surface area contributed by atoms with E-state index in [1.165, 1.54) is 42.9 Å². The van der Waals surface area contributed by atoms with Gasteiger partial charge in [-0.15, -0.1) is 11.3 Å². The van der Waals surface area contributed by atoms with Gasteiger partial charge in [0.25, 0.3) is 0 Å². The molecule has 4 heterocycles. The second kappa shape index (κ2) is 4.21. The van der Waals surface area contributed by atoms with Crippen LogP contribution < -0.4 is 5.32 Å². The summed E-state index contributed by atoms with van der Waals surface area (Å²) in [6, 6.07) is 7.16. The lowest BCUT2D eigenvalue weighted by atomic mass is 9.84. The SMILES string of the molecule is c1nc2ccc(NC3CN4CCC3CC4)cc2s1. The summed E-state index contributed by atoms with van der Waals surface area (Å²) in [5.41, 5.74) is 4.29. The first-order chi connectivity index (χ1) is 8.88. The molecular formula is C14H17N3S. The van der Waals surface area contributed by atoms with Crippen LogP contribution >= 0.6 is 11.3 Å². The summed E-state index contributed by atoms with van der Waals surface area (Å²) >= 11 is 1.72. The molecule has 4 heteroatoms. The fourth-order valence-electron chi connectivity index (χ4n) is 3.29. The van der Waals surface area contributed by atoms with Crippen molar-refractivity contribution in [2.24, 2.45) is 5.92 Å². The first kappa shape index (κ1) is 10.8. The molecule has 94 valence electrons. The molecule has 3 aliphatic rings. The maximum absolute atomic E-state index is 4.33. The lowest BCUT2D eigenvalue weighted by molar-refractivity contribution is 0.0975. The zero-order valence-electron chi connectivity index (χ0n) is 10.3. The predicted octanol–water partition coefficient (Wildman–Crippen LogP) is 2.80. The van der Waals surface area contributed by atoms with Crippen molar-refractivity contribution in [1.82, 2.24) is 9.88 Å². The molecule has 5 rings (SSSR count). The fourth-order valence-corrected chi connectivity index (χ4v) is 4.00. The molecule has 3 aliphatic heterocycles. The molecule has 0 spiro atoms. The molecule has 3 fully saturated rings. The van der Waals surface area contributed by atoms with Gasteiger partial charge in [-0.1, -0.05) is 0 Å². The quantitative estimate of drug-likeness (QED) is 0.899. The van der Waals surface area contributed by atoms with Crippen molar-refractivity contribution < 1.29 is 0 Å². The third-order valence-electron chi connectivity index (χ3n) is 4.34. The molecule has 1 aromatic carbocycles. The highest BCUT2D eigenvalue weighted by molar-refractivity contribution is 7.16. The number of hydrogen-bond donors (Lipinski definition) is 1. The van der Waals surface area contributed by atoms with E-state index < -0.39 is 0 Å². The van der Waals surface area contributed by atoms with Crippen molar-refractivity contribution in [2.75, 3.05) is 25.0 Å². The van der Waals surface area contributed by atoms with Crippen LogP contribution in [0.1, 0.15) is 12.8 Å². The summed E-state index contributed by atoms with van der Waals surface area (Å²) in [7, 11) is 0. The van der Waals surface area contributed by atoms with Crippen molar-refractivity contribution in [2.45, 2.75) is 18.9 Å². The van der Waals surface area contributed by atoms with E-state index in [-0.39, 0.29) is 0 Å². The van der Waals surface area contributed by atoms with E-state index in [2.05, 4.69) is 33.4 Å². The number of hydrogen-bond acceptors (Lipinski definition) is 4. The van der Waals surface area contributed by atoms with Gasteiger partial charge >= 0.3 is 0 Å². The first-order valence-electron chi connectivity index (χ1n) is 6.71. The summed E-state index contributed by atoms with van der Waals surface area (Å²) in [6.07, 6.45) is 2.72. The third kappa shape index (κ3) is 1.80. The van der Waals surface area contributed by atoms with E-state index in [0.29, 0.717) is 6.04 Å². The summed E-state index contributed by atoms with van der Waals surface area (Å²) < 4.78 is 1.28. The van der Waals surface area contributed by atoms with Gasteiger partial charge in [0.05, 0.1) is 15.7 Å². The lowest BCUT2D eigenvalue weighted by Gasteiger charge is -2.45. The molecular weight excluding hydrogens is 242 g/mol. The molecule has 0 saturated carbocycles. The first-order valence-corrected chi connectivity index (χ1v) is 7.58. The van der Waals surface area contributed by atoms with Gasteiger partial charge in [-0.3, -0.25) is 0 Å². The second-order valence-corrected chi connectivity index (χ2v) is 6.31. The molecule has 3 saturated heterocycles. The number of nitrogens with one attached hydrogen (secondary N) is 1. The predicted molar refractivity (Wildman–Crippen MR) is 76.2 cm³/mol. The van der Waals surface area contributed by atoms with Gasteiger partial charge in [-0.25, -0.2) is 4.98 Å². The Bertz CT molecular complexity index is 557. The Hall–Kier alpha value is -1.13. The highest BCUT2D eigenvalue weighted by atomic mass is 32.1. The van der Waals surface area contributed by atoms with Gasteiger partial charge in [-0.2, -0.15) is 0 Å². The molecule has 1 N–H and O–H groups in total. The van der Waals surface area contributed by atoms with Crippen LogP contribution in [0.3, 0.4) is 0 Å². The summed E-state index contributed by atoms with van der Waals surface area (Å²) in [4.78, 5) is 6.91. The highest BCUT2D eigenvalue weighted by Crippen LogP contribution is 2.30. The number of anilines is 1. The highest BCUT2D eigenvalue weighted by Gasteiger charge is 2.33. The Morgan fingerprint density at radius 2 is 2.17 bits per heavy atom. The minimum absolute atomic E-state index is 0.637. The number of thiazole rings is 1. The number of rotatable bonds is 2. The average molecular weight is 259 g/mol. The minimum atomic E-state index is 0.637. The van der Waals surface area contributed by atoms with Gasteiger partial charge in [0.1, 0.15) is 0 Å². The molecule has 0 amide bonds. The van der Waals surface area contributed by atoms with Crippen molar-refractivity contribution in [1.29, 1.82) is 0 Å². The van der Waals surface area contributed by atoms with Crippen molar-refractivity contribution in [3.05, 3.63) is 23.7 Å². The molecule has 0 aliphatic carbocycles. The number of piperidine rings is 3. The van der Waals surface area contributed by atoms with E-state index in [1.807, 2.05) is 5.51 Å². The van der Waals surface area contributed by atoms with Crippen LogP contribution in [0, 0.1) is 5.92 Å². The zero-order chi connectivity index (χ0) is 11.9. The van der Waals surface area contributed by atoms with E-state index >= 15 is 0 Å². The topological polar surface area (TPSA) is 28.2 Å². The zero-order valence-corrected chi connectivity index (χ0v) is 11.1. The van der Waals surface area contributed by atoms with Crippen LogP contribution in [-0.2, 0) is 0 Å². The maximum atomic E-state index is 4.33.